The molecular formula is C109H65N7O2S2. The molecule has 8 aromatic heterocycles. The summed E-state index contributed by atoms with van der Waals surface area (Å²) in [7, 11) is 0. The lowest BCUT2D eigenvalue weighted by atomic mass is 9.99. The van der Waals surface area contributed by atoms with Crippen LogP contribution in [-0.4, -0.2) is 34.1 Å². The van der Waals surface area contributed by atoms with E-state index in [0.717, 1.165) is 170 Å². The molecule has 11 heteroatoms. The first-order valence-corrected chi connectivity index (χ1v) is 41.9. The first-order valence-electron chi connectivity index (χ1n) is 40.2. The SMILES string of the molecule is c1ccc(-c2ccc3c4c5oc6ccccc6c5ccc4n(-c4cc(-c5ccc(-c6nc(-c7ccccc7)cc(-c7ccccc7)n6)cc5)c5sc6ccccc6c5c4)c3c2)cc1.c1ccc(-c2ccc3c4c5oc6ccccc6c5ccc4n(-c4cc(-c5nc(-c6ccccc6)nc(-c6ccccc6)n5)c5sc6ccccc6c5c4)c3c2)cc1. The van der Waals surface area contributed by atoms with E-state index in [1.807, 2.05) is 72.0 Å². The van der Waals surface area contributed by atoms with Crippen LogP contribution in [0.15, 0.2) is 403 Å². The Balaban J connectivity index is 0.000000137. The highest BCUT2D eigenvalue weighted by Gasteiger charge is 2.27. The lowest BCUT2D eigenvalue weighted by molar-refractivity contribution is 0.672. The van der Waals surface area contributed by atoms with Gasteiger partial charge in [0, 0.05) is 123 Å². The van der Waals surface area contributed by atoms with Crippen LogP contribution >= 0.6 is 22.7 Å². The highest BCUT2D eigenvalue weighted by molar-refractivity contribution is 7.26. The molecule has 9 nitrogen and oxygen atoms in total. The fraction of sp³-hybridized carbons (Fsp3) is 0. The number of fused-ring (bicyclic) bond motifs is 20. The molecule has 0 spiro atoms. The van der Waals surface area contributed by atoms with Crippen LogP contribution < -0.4 is 0 Å². The van der Waals surface area contributed by atoms with E-state index in [9.17, 15) is 0 Å². The molecule has 0 aliphatic heterocycles. The molecule has 120 heavy (non-hydrogen) atoms. The van der Waals surface area contributed by atoms with Crippen molar-refractivity contribution in [3.8, 4) is 113 Å². The Morgan fingerprint density at radius 2 is 0.550 bits per heavy atom. The largest absolute Gasteiger partial charge is 0.455 e. The number of thiophene rings is 2. The molecule has 0 fully saturated rings. The monoisotopic (exact) mass is 1570 g/mol. The van der Waals surface area contributed by atoms with Gasteiger partial charge in [-0.1, -0.05) is 303 Å². The number of aromatic nitrogens is 7. The van der Waals surface area contributed by atoms with Crippen molar-refractivity contribution in [3.05, 3.63) is 394 Å². The van der Waals surface area contributed by atoms with Gasteiger partial charge in [-0.25, -0.2) is 24.9 Å². The maximum Gasteiger partial charge on any atom is 0.165 e. The zero-order valence-electron chi connectivity index (χ0n) is 64.3. The summed E-state index contributed by atoms with van der Waals surface area (Å²) < 4.78 is 23.2. The molecule has 0 bridgehead atoms. The maximum absolute atomic E-state index is 6.74. The number of benzene rings is 17. The van der Waals surface area contributed by atoms with Crippen LogP contribution in [0.3, 0.4) is 0 Å². The van der Waals surface area contributed by atoms with E-state index >= 15 is 0 Å². The molecule has 0 N–H and O–H groups in total. The third kappa shape index (κ3) is 11.5. The number of hydrogen-bond donors (Lipinski definition) is 0. The van der Waals surface area contributed by atoms with Crippen molar-refractivity contribution in [2.45, 2.75) is 0 Å². The van der Waals surface area contributed by atoms with Gasteiger partial charge in [0.15, 0.2) is 23.3 Å². The van der Waals surface area contributed by atoms with E-state index in [1.165, 1.54) is 46.9 Å². The lowest BCUT2D eigenvalue weighted by Crippen LogP contribution is -2.01. The Kier molecular flexibility index (Phi) is 16.1. The highest BCUT2D eigenvalue weighted by Crippen LogP contribution is 2.50. The summed E-state index contributed by atoms with van der Waals surface area (Å²) in [6, 6.07) is 139. The van der Waals surface area contributed by atoms with Crippen LogP contribution in [0.2, 0.25) is 0 Å². The van der Waals surface area contributed by atoms with Gasteiger partial charge in [0.25, 0.3) is 0 Å². The third-order valence-electron chi connectivity index (χ3n) is 23.5. The van der Waals surface area contributed by atoms with Crippen molar-refractivity contribution in [3.63, 3.8) is 0 Å². The average Bonchev–Trinajstić information content (AvgIpc) is 1.55. The van der Waals surface area contributed by atoms with Gasteiger partial charge in [-0.05, 0) is 119 Å². The predicted molar refractivity (Wildman–Crippen MR) is 500 cm³/mol. The molecule has 0 radical (unpaired) electrons. The number of furan rings is 2. The molecule has 560 valence electrons. The van der Waals surface area contributed by atoms with Crippen LogP contribution in [0.25, 0.3) is 241 Å². The van der Waals surface area contributed by atoms with Crippen molar-refractivity contribution in [2.75, 3.05) is 0 Å². The summed E-state index contributed by atoms with van der Waals surface area (Å²) in [6.45, 7) is 0. The van der Waals surface area contributed by atoms with E-state index in [-0.39, 0.29) is 0 Å². The summed E-state index contributed by atoms with van der Waals surface area (Å²) in [6.07, 6.45) is 0. The molecule has 0 aliphatic rings. The lowest BCUT2D eigenvalue weighted by Gasteiger charge is -2.14. The predicted octanol–water partition coefficient (Wildman–Crippen LogP) is 30.1. The standard InChI is InChI=1S/C58H35N3OS.C51H30N4OS/c1-4-14-36(15-5-1)41-28-29-46-52(32-41)61(51-31-30-45-43-20-10-12-22-53(43)62-56(45)55(46)51)42-33-47(57-48(34-42)44-21-11-13-23-54(44)63-57)37-24-26-40(27-25-37)58-59-49(38-16-6-2-7-17-38)35-50(60-58)39-18-8-3-9-19-39;1-4-14-31(15-5-1)34-24-25-39-43(28-34)55(42-27-26-38-36-20-10-12-22-44(36)56-47(38)46(39)42)35-29-40-37-21-11-13-23-45(37)57-48(40)41(30-35)51-53-49(32-16-6-2-7-17-32)52-50(54-51)33-18-8-3-9-19-33/h1-35H;1-30H. The normalized spacial score (nSPS) is 11.8. The minimum Gasteiger partial charge on any atom is -0.455 e. The van der Waals surface area contributed by atoms with Gasteiger partial charge >= 0.3 is 0 Å². The van der Waals surface area contributed by atoms with Gasteiger partial charge in [-0.15, -0.1) is 22.7 Å². The summed E-state index contributed by atoms with van der Waals surface area (Å²) in [5.41, 5.74) is 24.7. The van der Waals surface area contributed by atoms with Crippen LogP contribution in [0, 0.1) is 0 Å². The summed E-state index contributed by atoms with van der Waals surface area (Å²) >= 11 is 3.63. The topological polar surface area (TPSA) is 101 Å². The average molecular weight is 1570 g/mol. The smallest absolute Gasteiger partial charge is 0.165 e. The first kappa shape index (κ1) is 68.8. The van der Waals surface area contributed by atoms with Gasteiger partial charge in [-0.2, -0.15) is 0 Å². The fourth-order valence-corrected chi connectivity index (χ4v) is 20.2. The molecule has 8 heterocycles. The number of nitrogens with zero attached hydrogens (tertiary/aromatic N) is 7. The Labute approximate surface area is 695 Å². The first-order chi connectivity index (χ1) is 59.5. The van der Waals surface area contributed by atoms with E-state index in [1.54, 1.807) is 11.3 Å². The minimum absolute atomic E-state index is 0.631. The van der Waals surface area contributed by atoms with Crippen molar-refractivity contribution in [1.29, 1.82) is 0 Å². The van der Waals surface area contributed by atoms with Crippen molar-refractivity contribution < 1.29 is 8.83 Å². The van der Waals surface area contributed by atoms with Crippen LogP contribution in [0.1, 0.15) is 0 Å². The van der Waals surface area contributed by atoms with Crippen LogP contribution in [0.4, 0.5) is 0 Å². The number of para-hydroxylation sites is 2. The van der Waals surface area contributed by atoms with Gasteiger partial charge < -0.3 is 18.0 Å². The molecule has 0 saturated carbocycles. The zero-order valence-corrected chi connectivity index (χ0v) is 65.9. The Morgan fingerprint density at radius 1 is 0.208 bits per heavy atom. The third-order valence-corrected chi connectivity index (χ3v) is 25.9. The fourth-order valence-electron chi connectivity index (χ4n) is 17.8. The van der Waals surface area contributed by atoms with Crippen LogP contribution in [-0.2, 0) is 0 Å². The van der Waals surface area contributed by atoms with E-state index < -0.39 is 0 Å². The molecular weight excluding hydrogens is 1500 g/mol. The van der Waals surface area contributed by atoms with Crippen molar-refractivity contribution in [1.82, 2.24) is 34.1 Å². The molecule has 0 atom stereocenters. The van der Waals surface area contributed by atoms with Crippen LogP contribution in [0.5, 0.6) is 0 Å². The summed E-state index contributed by atoms with van der Waals surface area (Å²) in [4.78, 5) is 25.8. The molecule has 0 saturated heterocycles. The molecule has 25 rings (SSSR count). The van der Waals surface area contributed by atoms with Gasteiger partial charge in [0.2, 0.25) is 0 Å². The number of hydrogen-bond acceptors (Lipinski definition) is 9. The second-order valence-electron chi connectivity index (χ2n) is 30.5. The van der Waals surface area contributed by atoms with Crippen molar-refractivity contribution >= 4 is 151 Å². The van der Waals surface area contributed by atoms with E-state index in [2.05, 4.69) is 343 Å². The van der Waals surface area contributed by atoms with E-state index in [4.69, 9.17) is 33.8 Å². The molecule has 17 aromatic carbocycles. The molecule has 0 amide bonds. The van der Waals surface area contributed by atoms with E-state index in [0.29, 0.717) is 23.3 Å². The maximum atomic E-state index is 6.74. The molecule has 0 unspecified atom stereocenters. The zero-order chi connectivity index (χ0) is 78.9. The highest BCUT2D eigenvalue weighted by atomic mass is 32.1. The summed E-state index contributed by atoms with van der Waals surface area (Å²) in [5, 5.41) is 13.8. The second-order valence-corrected chi connectivity index (χ2v) is 32.6. The molecule has 0 aliphatic carbocycles. The molecule has 25 aromatic rings. The summed E-state index contributed by atoms with van der Waals surface area (Å²) in [5.74, 6) is 2.59. The van der Waals surface area contributed by atoms with Gasteiger partial charge in [0.05, 0.1) is 44.2 Å². The number of rotatable bonds is 11. The quantitative estimate of drug-likeness (QED) is 0.127. The van der Waals surface area contributed by atoms with Gasteiger partial charge in [0.1, 0.15) is 22.3 Å². The Morgan fingerprint density at radius 3 is 1.01 bits per heavy atom. The minimum atomic E-state index is 0.631. The Bertz CT molecular complexity index is 8270. The Hall–Kier alpha value is -15.5. The second kappa shape index (κ2) is 28.1. The van der Waals surface area contributed by atoms with Crippen molar-refractivity contribution in [2.24, 2.45) is 0 Å². The van der Waals surface area contributed by atoms with Gasteiger partial charge in [-0.3, -0.25) is 0 Å².